The van der Waals surface area contributed by atoms with Gasteiger partial charge in [0.15, 0.2) is 0 Å². The van der Waals surface area contributed by atoms with Gasteiger partial charge in [-0.2, -0.15) is 0 Å². The molecule has 21 heavy (non-hydrogen) atoms. The smallest absolute Gasteiger partial charge is 0.305 e. The van der Waals surface area contributed by atoms with E-state index >= 15 is 0 Å². The van der Waals surface area contributed by atoms with Gasteiger partial charge in [-0.15, -0.1) is 0 Å². The summed E-state index contributed by atoms with van der Waals surface area (Å²) in [6.07, 6.45) is 0.191. The summed E-state index contributed by atoms with van der Waals surface area (Å²) in [5.41, 5.74) is 0.802. The van der Waals surface area contributed by atoms with Crippen LogP contribution in [0.2, 0.25) is 0 Å². The molecule has 2 heterocycles. The first-order valence-electron chi connectivity index (χ1n) is 7.27. The minimum Gasteiger partial charge on any atom is -0.481 e. The Kier molecular flexibility index (Phi) is 3.82. The quantitative estimate of drug-likeness (QED) is 0.858. The average Bonchev–Trinajstić information content (AvgIpc) is 2.44. The fraction of sp³-hybridized carbons (Fsp3) is 0.533. The maximum absolute atomic E-state index is 13.0. The first kappa shape index (κ1) is 14.3. The molecule has 2 aliphatic rings. The van der Waals surface area contributed by atoms with Gasteiger partial charge in [0.05, 0.1) is 12.0 Å². The van der Waals surface area contributed by atoms with Crippen LogP contribution in [-0.2, 0) is 4.79 Å². The van der Waals surface area contributed by atoms with E-state index < -0.39 is 5.97 Å². The first-order chi connectivity index (χ1) is 10.1. The molecule has 0 bridgehead atoms. The fourth-order valence-electron chi connectivity index (χ4n) is 3.25. The van der Waals surface area contributed by atoms with Crippen molar-refractivity contribution in [2.45, 2.75) is 12.0 Å². The Morgan fingerprint density at radius 2 is 1.81 bits per heavy atom. The second-order valence-electron chi connectivity index (χ2n) is 5.85. The van der Waals surface area contributed by atoms with Crippen LogP contribution in [-0.4, -0.2) is 60.8 Å². The minimum absolute atomic E-state index is 0.191. The Balaban J connectivity index is 1.62. The van der Waals surface area contributed by atoms with Gasteiger partial charge in [-0.1, -0.05) is 0 Å². The van der Waals surface area contributed by atoms with E-state index in [0.717, 1.165) is 45.0 Å². The Labute approximate surface area is 123 Å². The summed E-state index contributed by atoms with van der Waals surface area (Å²) in [4.78, 5) is 15.6. The number of carboxylic acid groups (broad SMARTS) is 1. The zero-order valence-corrected chi connectivity index (χ0v) is 11.9. The highest BCUT2D eigenvalue weighted by Gasteiger charge is 2.45. The van der Waals surface area contributed by atoms with Crippen molar-refractivity contribution in [3.8, 4) is 0 Å². The van der Waals surface area contributed by atoms with Gasteiger partial charge in [0.25, 0.3) is 0 Å². The van der Waals surface area contributed by atoms with Crippen LogP contribution in [0.3, 0.4) is 0 Å². The third kappa shape index (κ3) is 2.87. The molecule has 2 fully saturated rings. The fourth-order valence-corrected chi connectivity index (χ4v) is 3.25. The van der Waals surface area contributed by atoms with Crippen molar-refractivity contribution < 1.29 is 14.3 Å². The number of nitrogens with zero attached hydrogens (tertiary/aromatic N) is 2. The summed E-state index contributed by atoms with van der Waals surface area (Å²) < 4.78 is 13.0. The SMILES string of the molecule is O=C(O)CC1(N2CCN(c3ccc(F)cc3)CC2)CNC1. The predicted octanol–water partition coefficient (Wildman–Crippen LogP) is 0.764. The van der Waals surface area contributed by atoms with Crippen LogP contribution in [0, 0.1) is 5.82 Å². The van der Waals surface area contributed by atoms with Crippen molar-refractivity contribution in [1.29, 1.82) is 0 Å². The molecule has 0 spiro atoms. The summed E-state index contributed by atoms with van der Waals surface area (Å²) in [6, 6.07) is 6.54. The average molecular weight is 293 g/mol. The number of hydrogen-bond acceptors (Lipinski definition) is 4. The molecule has 0 saturated carbocycles. The molecule has 0 aromatic heterocycles. The molecule has 0 radical (unpaired) electrons. The van der Waals surface area contributed by atoms with Crippen LogP contribution < -0.4 is 10.2 Å². The molecule has 0 amide bonds. The molecule has 1 aromatic carbocycles. The third-order valence-electron chi connectivity index (χ3n) is 4.53. The Morgan fingerprint density at radius 3 is 2.29 bits per heavy atom. The number of carboxylic acids is 1. The highest BCUT2D eigenvalue weighted by atomic mass is 19.1. The Bertz CT molecular complexity index is 508. The van der Waals surface area contributed by atoms with Crippen LogP contribution >= 0.6 is 0 Å². The predicted molar refractivity (Wildman–Crippen MR) is 78.0 cm³/mol. The van der Waals surface area contributed by atoms with E-state index in [4.69, 9.17) is 5.11 Å². The minimum atomic E-state index is -0.738. The zero-order valence-electron chi connectivity index (χ0n) is 11.9. The topological polar surface area (TPSA) is 55.8 Å². The molecular formula is C15H20FN3O2. The monoisotopic (exact) mass is 293 g/mol. The molecular weight excluding hydrogens is 273 g/mol. The van der Waals surface area contributed by atoms with Gasteiger partial charge in [0, 0.05) is 45.0 Å². The van der Waals surface area contributed by atoms with E-state index in [9.17, 15) is 9.18 Å². The largest absolute Gasteiger partial charge is 0.481 e. The number of anilines is 1. The van der Waals surface area contributed by atoms with E-state index in [0.29, 0.717) is 0 Å². The van der Waals surface area contributed by atoms with Crippen LogP contribution in [0.25, 0.3) is 0 Å². The number of rotatable bonds is 4. The first-order valence-corrected chi connectivity index (χ1v) is 7.27. The van der Waals surface area contributed by atoms with Crippen molar-refractivity contribution >= 4 is 11.7 Å². The zero-order chi connectivity index (χ0) is 14.9. The van der Waals surface area contributed by atoms with Crippen molar-refractivity contribution in [2.24, 2.45) is 0 Å². The summed E-state index contributed by atoms with van der Waals surface area (Å²) in [6.45, 7) is 4.85. The highest BCUT2D eigenvalue weighted by molar-refractivity contribution is 5.69. The van der Waals surface area contributed by atoms with Gasteiger partial charge >= 0.3 is 5.97 Å². The van der Waals surface area contributed by atoms with E-state index in [2.05, 4.69) is 15.1 Å². The summed E-state index contributed by atoms with van der Waals surface area (Å²) in [7, 11) is 0. The highest BCUT2D eigenvalue weighted by Crippen LogP contribution is 2.27. The van der Waals surface area contributed by atoms with Gasteiger partial charge in [-0.05, 0) is 24.3 Å². The van der Waals surface area contributed by atoms with Crippen molar-refractivity contribution in [3.63, 3.8) is 0 Å². The standard InChI is InChI=1S/C15H20FN3O2/c16-12-1-3-13(4-2-12)18-5-7-19(8-6-18)15(9-14(20)21)10-17-11-15/h1-4,17H,5-11H2,(H,20,21). The molecule has 5 nitrogen and oxygen atoms in total. The number of hydrogen-bond donors (Lipinski definition) is 2. The van der Waals surface area contributed by atoms with E-state index in [1.165, 1.54) is 12.1 Å². The van der Waals surface area contributed by atoms with E-state index in [-0.39, 0.29) is 17.8 Å². The summed E-state index contributed by atoms with van der Waals surface area (Å²) in [5.74, 6) is -0.962. The number of nitrogens with one attached hydrogen (secondary N) is 1. The number of aliphatic carboxylic acids is 1. The molecule has 2 saturated heterocycles. The molecule has 2 aliphatic heterocycles. The van der Waals surface area contributed by atoms with Crippen LogP contribution in [0.1, 0.15) is 6.42 Å². The molecule has 0 aliphatic carbocycles. The maximum Gasteiger partial charge on any atom is 0.305 e. The molecule has 0 unspecified atom stereocenters. The molecule has 0 atom stereocenters. The lowest BCUT2D eigenvalue weighted by atomic mass is 9.86. The number of piperazine rings is 1. The van der Waals surface area contributed by atoms with Gasteiger partial charge in [0.2, 0.25) is 0 Å². The molecule has 2 N–H and O–H groups in total. The molecule has 1 aromatic rings. The lowest BCUT2D eigenvalue weighted by Gasteiger charge is -2.53. The Morgan fingerprint density at radius 1 is 1.19 bits per heavy atom. The summed E-state index contributed by atoms with van der Waals surface area (Å²) >= 11 is 0. The number of benzene rings is 1. The van der Waals surface area contributed by atoms with Gasteiger partial charge in [-0.3, -0.25) is 9.69 Å². The molecule has 3 rings (SSSR count). The van der Waals surface area contributed by atoms with Gasteiger partial charge in [0.1, 0.15) is 5.82 Å². The second-order valence-corrected chi connectivity index (χ2v) is 5.85. The maximum atomic E-state index is 13.0. The van der Waals surface area contributed by atoms with E-state index in [1.807, 2.05) is 0 Å². The van der Waals surface area contributed by atoms with Crippen LogP contribution in [0.5, 0.6) is 0 Å². The number of halogens is 1. The van der Waals surface area contributed by atoms with Crippen LogP contribution in [0.15, 0.2) is 24.3 Å². The van der Waals surface area contributed by atoms with Crippen molar-refractivity contribution in [2.75, 3.05) is 44.2 Å². The van der Waals surface area contributed by atoms with E-state index in [1.54, 1.807) is 12.1 Å². The lowest BCUT2D eigenvalue weighted by Crippen LogP contribution is -2.72. The third-order valence-corrected chi connectivity index (χ3v) is 4.53. The van der Waals surface area contributed by atoms with Crippen molar-refractivity contribution in [1.82, 2.24) is 10.2 Å². The van der Waals surface area contributed by atoms with Gasteiger partial charge < -0.3 is 15.3 Å². The molecule has 114 valence electrons. The normalized spacial score (nSPS) is 21.9. The van der Waals surface area contributed by atoms with Gasteiger partial charge in [-0.25, -0.2) is 4.39 Å². The Hall–Kier alpha value is -1.66. The van der Waals surface area contributed by atoms with Crippen LogP contribution in [0.4, 0.5) is 10.1 Å². The van der Waals surface area contributed by atoms with Crippen molar-refractivity contribution in [3.05, 3.63) is 30.1 Å². The lowest BCUT2D eigenvalue weighted by molar-refractivity contribution is -0.142. The summed E-state index contributed by atoms with van der Waals surface area (Å²) in [5, 5.41) is 12.3. The number of carbonyl (C=O) groups is 1. The second kappa shape index (κ2) is 5.61. The molecule has 6 heteroatoms.